The summed E-state index contributed by atoms with van der Waals surface area (Å²) in [5.74, 6) is 2.01. The summed E-state index contributed by atoms with van der Waals surface area (Å²) in [5.41, 5.74) is 4.22. The average molecular weight is 467 g/mol. The molecule has 3 heteroatoms. The highest BCUT2D eigenvalue weighted by atomic mass is 31.1. The standard InChI is InChI=1S/C30H43O2P/c1-22(2)31-27-19-12-11-18-26(27)30-28(32-23(3)4)20-13-21-29(30)33(24-14-7-5-8-15-24)25-16-9-6-10-17-25/h11-13,18-25H,5-10,14-17H2,1-4H3. The van der Waals surface area contributed by atoms with E-state index in [4.69, 9.17) is 9.47 Å². The third-order valence-electron chi connectivity index (χ3n) is 7.10. The Hall–Kier alpha value is -1.53. The van der Waals surface area contributed by atoms with Gasteiger partial charge in [0, 0.05) is 11.1 Å². The van der Waals surface area contributed by atoms with E-state index in [1.165, 1.54) is 75.3 Å². The van der Waals surface area contributed by atoms with Crippen LogP contribution in [0.25, 0.3) is 11.1 Å². The second-order valence-corrected chi connectivity index (χ2v) is 13.2. The van der Waals surface area contributed by atoms with E-state index in [0.717, 1.165) is 22.8 Å². The van der Waals surface area contributed by atoms with Crippen molar-refractivity contribution >= 4 is 13.2 Å². The molecule has 2 nitrogen and oxygen atoms in total. The van der Waals surface area contributed by atoms with Gasteiger partial charge >= 0.3 is 0 Å². The number of para-hydroxylation sites is 1. The molecule has 0 spiro atoms. The Bertz CT molecular complexity index is 861. The number of hydrogen-bond acceptors (Lipinski definition) is 2. The molecule has 0 N–H and O–H groups in total. The van der Waals surface area contributed by atoms with Gasteiger partial charge in [-0.3, -0.25) is 0 Å². The quantitative estimate of drug-likeness (QED) is 0.362. The van der Waals surface area contributed by atoms with Gasteiger partial charge in [0.15, 0.2) is 0 Å². The summed E-state index contributed by atoms with van der Waals surface area (Å²) in [6, 6.07) is 15.5. The van der Waals surface area contributed by atoms with Crippen LogP contribution in [0.1, 0.15) is 91.9 Å². The molecule has 0 radical (unpaired) electrons. The van der Waals surface area contributed by atoms with Crippen LogP contribution in [0.4, 0.5) is 0 Å². The first-order chi connectivity index (χ1) is 16.0. The van der Waals surface area contributed by atoms with E-state index >= 15 is 0 Å². The van der Waals surface area contributed by atoms with Crippen LogP contribution in [-0.2, 0) is 0 Å². The minimum absolute atomic E-state index is 0.144. The third kappa shape index (κ3) is 6.13. The summed E-state index contributed by atoms with van der Waals surface area (Å²) in [6.45, 7) is 8.51. The molecule has 0 aromatic heterocycles. The first kappa shape index (κ1) is 24.6. The Kier molecular flexibility index (Phi) is 8.75. The topological polar surface area (TPSA) is 18.5 Å². The Morgan fingerprint density at radius 3 is 1.73 bits per heavy atom. The molecule has 0 heterocycles. The summed E-state index contributed by atoms with van der Waals surface area (Å²) in [7, 11) is -0.246. The van der Waals surface area contributed by atoms with Gasteiger partial charge in [0.1, 0.15) is 11.5 Å². The minimum Gasteiger partial charge on any atom is -0.490 e. The van der Waals surface area contributed by atoms with Crippen LogP contribution in [0.3, 0.4) is 0 Å². The van der Waals surface area contributed by atoms with E-state index in [1.807, 2.05) is 0 Å². The zero-order valence-electron chi connectivity index (χ0n) is 21.2. The smallest absolute Gasteiger partial charge is 0.128 e. The lowest BCUT2D eigenvalue weighted by Gasteiger charge is -2.40. The number of hydrogen-bond donors (Lipinski definition) is 0. The van der Waals surface area contributed by atoms with E-state index < -0.39 is 0 Å². The van der Waals surface area contributed by atoms with Crippen molar-refractivity contribution in [2.75, 3.05) is 0 Å². The molecule has 0 bridgehead atoms. The zero-order valence-corrected chi connectivity index (χ0v) is 22.1. The van der Waals surface area contributed by atoms with Crippen LogP contribution in [0.5, 0.6) is 11.5 Å². The maximum atomic E-state index is 6.48. The second-order valence-electron chi connectivity index (χ2n) is 10.5. The first-order valence-electron chi connectivity index (χ1n) is 13.4. The molecule has 0 aliphatic heterocycles. The predicted octanol–water partition coefficient (Wildman–Crippen LogP) is 8.70. The number of ether oxygens (including phenoxy) is 2. The van der Waals surface area contributed by atoms with Crippen LogP contribution in [-0.4, -0.2) is 23.5 Å². The van der Waals surface area contributed by atoms with Gasteiger partial charge < -0.3 is 9.47 Å². The molecule has 33 heavy (non-hydrogen) atoms. The SMILES string of the molecule is CC(C)Oc1ccccc1-c1c(OC(C)C)cccc1P(C1CCCCC1)C1CCCCC1. The second kappa shape index (κ2) is 11.7. The van der Waals surface area contributed by atoms with Crippen LogP contribution in [0.15, 0.2) is 42.5 Å². The van der Waals surface area contributed by atoms with Crippen LogP contribution in [0, 0.1) is 0 Å². The Balaban J connectivity index is 1.88. The summed E-state index contributed by atoms with van der Waals surface area (Å²) < 4.78 is 12.8. The van der Waals surface area contributed by atoms with Crippen molar-refractivity contribution in [2.45, 2.75) is 115 Å². The van der Waals surface area contributed by atoms with Crippen molar-refractivity contribution < 1.29 is 9.47 Å². The molecule has 2 saturated carbocycles. The van der Waals surface area contributed by atoms with Crippen molar-refractivity contribution in [1.82, 2.24) is 0 Å². The fourth-order valence-corrected chi connectivity index (χ4v) is 9.77. The average Bonchev–Trinajstić information content (AvgIpc) is 2.81. The highest BCUT2D eigenvalue weighted by Gasteiger charge is 2.35. The molecule has 2 aliphatic carbocycles. The van der Waals surface area contributed by atoms with E-state index in [0.29, 0.717) is 0 Å². The summed E-state index contributed by atoms with van der Waals surface area (Å²) >= 11 is 0. The van der Waals surface area contributed by atoms with Crippen molar-refractivity contribution in [3.63, 3.8) is 0 Å². The molecule has 2 aromatic rings. The molecule has 0 saturated heterocycles. The summed E-state index contributed by atoms with van der Waals surface area (Å²) in [5, 5.41) is 1.57. The van der Waals surface area contributed by atoms with E-state index in [-0.39, 0.29) is 20.1 Å². The Morgan fingerprint density at radius 1 is 0.636 bits per heavy atom. The Morgan fingerprint density at radius 2 is 1.15 bits per heavy atom. The lowest BCUT2D eigenvalue weighted by atomic mass is 9.99. The monoisotopic (exact) mass is 466 g/mol. The largest absolute Gasteiger partial charge is 0.490 e. The number of rotatable bonds is 8. The summed E-state index contributed by atoms with van der Waals surface area (Å²) in [4.78, 5) is 0. The molecular formula is C30H43O2P. The Labute approximate surface area is 203 Å². The van der Waals surface area contributed by atoms with E-state index in [2.05, 4.69) is 70.2 Å². The molecular weight excluding hydrogens is 423 g/mol. The molecule has 180 valence electrons. The highest BCUT2D eigenvalue weighted by molar-refractivity contribution is 7.67. The van der Waals surface area contributed by atoms with Crippen molar-refractivity contribution in [3.8, 4) is 22.6 Å². The molecule has 2 aromatic carbocycles. The maximum Gasteiger partial charge on any atom is 0.128 e. The molecule has 0 amide bonds. The first-order valence-corrected chi connectivity index (χ1v) is 14.9. The van der Waals surface area contributed by atoms with Gasteiger partial charge in [0.05, 0.1) is 12.2 Å². The maximum absolute atomic E-state index is 6.48. The minimum atomic E-state index is -0.246. The van der Waals surface area contributed by atoms with Gasteiger partial charge in [0.25, 0.3) is 0 Å². The number of benzene rings is 2. The van der Waals surface area contributed by atoms with Crippen LogP contribution in [0.2, 0.25) is 0 Å². The van der Waals surface area contributed by atoms with Crippen molar-refractivity contribution in [2.24, 2.45) is 0 Å². The van der Waals surface area contributed by atoms with Crippen LogP contribution >= 0.6 is 7.92 Å². The van der Waals surface area contributed by atoms with Gasteiger partial charge in [-0.2, -0.15) is 0 Å². The lowest BCUT2D eigenvalue weighted by Crippen LogP contribution is -2.27. The van der Waals surface area contributed by atoms with Gasteiger partial charge in [0.2, 0.25) is 0 Å². The third-order valence-corrected chi connectivity index (χ3v) is 10.6. The fraction of sp³-hybridized carbons (Fsp3) is 0.600. The molecule has 0 unspecified atom stereocenters. The molecule has 4 rings (SSSR count). The van der Waals surface area contributed by atoms with E-state index in [1.54, 1.807) is 5.30 Å². The van der Waals surface area contributed by atoms with Gasteiger partial charge in [-0.05, 0) is 82.1 Å². The van der Waals surface area contributed by atoms with Crippen molar-refractivity contribution in [3.05, 3.63) is 42.5 Å². The van der Waals surface area contributed by atoms with Crippen molar-refractivity contribution in [1.29, 1.82) is 0 Å². The lowest BCUT2D eigenvalue weighted by molar-refractivity contribution is 0.239. The fourth-order valence-electron chi connectivity index (χ4n) is 5.80. The highest BCUT2D eigenvalue weighted by Crippen LogP contribution is 2.57. The molecule has 2 fully saturated rings. The van der Waals surface area contributed by atoms with Gasteiger partial charge in [-0.1, -0.05) is 76.8 Å². The predicted molar refractivity (Wildman–Crippen MR) is 144 cm³/mol. The zero-order chi connectivity index (χ0) is 23.2. The summed E-state index contributed by atoms with van der Waals surface area (Å²) in [6.07, 6.45) is 14.4. The van der Waals surface area contributed by atoms with E-state index in [9.17, 15) is 0 Å². The van der Waals surface area contributed by atoms with Crippen LogP contribution < -0.4 is 14.8 Å². The molecule has 2 aliphatic rings. The van der Waals surface area contributed by atoms with Gasteiger partial charge in [-0.15, -0.1) is 0 Å². The van der Waals surface area contributed by atoms with Gasteiger partial charge in [-0.25, -0.2) is 0 Å². The normalized spacial score (nSPS) is 18.3. The molecule has 0 atom stereocenters.